The predicted molar refractivity (Wildman–Crippen MR) is 96.9 cm³/mol. The van der Waals surface area contributed by atoms with Crippen molar-refractivity contribution in [2.45, 2.75) is 46.5 Å². The van der Waals surface area contributed by atoms with Crippen LogP contribution in [-0.2, 0) is 16.0 Å². The van der Waals surface area contributed by atoms with Crippen LogP contribution in [-0.4, -0.2) is 47.8 Å². The maximum Gasteiger partial charge on any atom is 0.227 e. The van der Waals surface area contributed by atoms with Crippen molar-refractivity contribution in [1.82, 2.24) is 9.80 Å². The number of hydrogen-bond acceptors (Lipinski definition) is 2. The SMILES string of the molecule is CC(C)C(=O)N1CCCN(C(=O)Cc2ccc(C(C)C)cc2)CC1. The van der Waals surface area contributed by atoms with Gasteiger partial charge < -0.3 is 9.80 Å². The van der Waals surface area contributed by atoms with Gasteiger partial charge >= 0.3 is 0 Å². The van der Waals surface area contributed by atoms with E-state index in [2.05, 4.69) is 38.1 Å². The summed E-state index contributed by atoms with van der Waals surface area (Å²) in [6, 6.07) is 8.33. The summed E-state index contributed by atoms with van der Waals surface area (Å²) in [4.78, 5) is 28.5. The second kappa shape index (κ2) is 8.32. The zero-order valence-electron chi connectivity index (χ0n) is 15.4. The number of amides is 2. The number of nitrogens with zero attached hydrogens (tertiary/aromatic N) is 2. The van der Waals surface area contributed by atoms with Crippen LogP contribution in [0.5, 0.6) is 0 Å². The van der Waals surface area contributed by atoms with Crippen molar-refractivity contribution >= 4 is 11.8 Å². The van der Waals surface area contributed by atoms with E-state index in [4.69, 9.17) is 0 Å². The monoisotopic (exact) mass is 330 g/mol. The highest BCUT2D eigenvalue weighted by molar-refractivity contribution is 5.80. The molecule has 0 unspecified atom stereocenters. The topological polar surface area (TPSA) is 40.6 Å². The van der Waals surface area contributed by atoms with Gasteiger partial charge in [-0.25, -0.2) is 0 Å². The Morgan fingerprint density at radius 2 is 1.50 bits per heavy atom. The van der Waals surface area contributed by atoms with Crippen molar-refractivity contribution in [1.29, 1.82) is 0 Å². The van der Waals surface area contributed by atoms with E-state index < -0.39 is 0 Å². The summed E-state index contributed by atoms with van der Waals surface area (Å²) in [5, 5.41) is 0. The largest absolute Gasteiger partial charge is 0.341 e. The Balaban J connectivity index is 1.92. The average Bonchev–Trinajstić information content (AvgIpc) is 2.80. The summed E-state index contributed by atoms with van der Waals surface area (Å²) < 4.78 is 0. The highest BCUT2D eigenvalue weighted by Crippen LogP contribution is 2.16. The van der Waals surface area contributed by atoms with Crippen LogP contribution in [0.3, 0.4) is 0 Å². The third kappa shape index (κ3) is 4.83. The molecule has 1 fully saturated rings. The van der Waals surface area contributed by atoms with Crippen LogP contribution in [0.4, 0.5) is 0 Å². The highest BCUT2D eigenvalue weighted by atomic mass is 16.2. The van der Waals surface area contributed by atoms with Crippen molar-refractivity contribution < 1.29 is 9.59 Å². The third-order valence-corrected chi connectivity index (χ3v) is 4.66. The van der Waals surface area contributed by atoms with Gasteiger partial charge in [0, 0.05) is 32.1 Å². The molecule has 2 rings (SSSR count). The molecule has 4 nitrogen and oxygen atoms in total. The molecule has 1 aromatic carbocycles. The summed E-state index contributed by atoms with van der Waals surface area (Å²) in [6.45, 7) is 11.0. The van der Waals surface area contributed by atoms with E-state index in [-0.39, 0.29) is 17.7 Å². The average molecular weight is 330 g/mol. The number of carbonyl (C=O) groups excluding carboxylic acids is 2. The van der Waals surface area contributed by atoms with Crippen molar-refractivity contribution in [2.24, 2.45) is 5.92 Å². The molecule has 0 N–H and O–H groups in total. The Bertz CT molecular complexity index is 564. The number of carbonyl (C=O) groups is 2. The molecule has 132 valence electrons. The fourth-order valence-electron chi connectivity index (χ4n) is 3.06. The Morgan fingerprint density at radius 3 is 2.08 bits per heavy atom. The van der Waals surface area contributed by atoms with Crippen LogP contribution in [0, 0.1) is 5.92 Å². The van der Waals surface area contributed by atoms with Gasteiger partial charge in [-0.1, -0.05) is 52.0 Å². The van der Waals surface area contributed by atoms with E-state index in [1.54, 1.807) is 0 Å². The Morgan fingerprint density at radius 1 is 0.917 bits per heavy atom. The van der Waals surface area contributed by atoms with Crippen molar-refractivity contribution in [2.75, 3.05) is 26.2 Å². The van der Waals surface area contributed by atoms with Gasteiger partial charge in [0.15, 0.2) is 0 Å². The van der Waals surface area contributed by atoms with E-state index >= 15 is 0 Å². The molecule has 0 aromatic heterocycles. The van der Waals surface area contributed by atoms with Gasteiger partial charge in [0.25, 0.3) is 0 Å². The summed E-state index contributed by atoms with van der Waals surface area (Å²) in [5.41, 5.74) is 2.35. The maximum absolute atomic E-state index is 12.6. The molecular weight excluding hydrogens is 300 g/mol. The lowest BCUT2D eigenvalue weighted by Crippen LogP contribution is -2.39. The molecule has 1 heterocycles. The zero-order chi connectivity index (χ0) is 17.7. The van der Waals surface area contributed by atoms with E-state index in [0.29, 0.717) is 25.4 Å². The minimum absolute atomic E-state index is 0.0201. The normalized spacial score (nSPS) is 15.8. The smallest absolute Gasteiger partial charge is 0.227 e. The van der Waals surface area contributed by atoms with Gasteiger partial charge in [0.05, 0.1) is 6.42 Å². The second-order valence-electron chi connectivity index (χ2n) is 7.29. The van der Waals surface area contributed by atoms with Gasteiger partial charge in [-0.3, -0.25) is 9.59 Å². The highest BCUT2D eigenvalue weighted by Gasteiger charge is 2.23. The molecule has 24 heavy (non-hydrogen) atoms. The first kappa shape index (κ1) is 18.5. The fraction of sp³-hybridized carbons (Fsp3) is 0.600. The van der Waals surface area contributed by atoms with Crippen LogP contribution < -0.4 is 0 Å². The third-order valence-electron chi connectivity index (χ3n) is 4.66. The first-order chi connectivity index (χ1) is 11.4. The molecule has 1 aliphatic rings. The molecule has 0 spiro atoms. The number of rotatable bonds is 4. The minimum atomic E-state index is 0.0201. The molecule has 1 saturated heterocycles. The number of benzene rings is 1. The Kier molecular flexibility index (Phi) is 6.41. The lowest BCUT2D eigenvalue weighted by atomic mass is 10.0. The molecule has 0 aliphatic carbocycles. The molecule has 1 aromatic rings. The first-order valence-corrected chi connectivity index (χ1v) is 9.04. The van der Waals surface area contributed by atoms with Crippen molar-refractivity contribution in [3.8, 4) is 0 Å². The van der Waals surface area contributed by atoms with E-state index in [1.807, 2.05) is 23.6 Å². The molecule has 0 saturated carbocycles. The lowest BCUT2D eigenvalue weighted by molar-refractivity contribution is -0.135. The predicted octanol–water partition coefficient (Wildman–Crippen LogP) is 3.07. The lowest BCUT2D eigenvalue weighted by Gasteiger charge is -2.23. The fourth-order valence-corrected chi connectivity index (χ4v) is 3.06. The maximum atomic E-state index is 12.6. The molecule has 0 radical (unpaired) electrons. The van der Waals surface area contributed by atoms with Crippen LogP contribution in [0.15, 0.2) is 24.3 Å². The second-order valence-corrected chi connectivity index (χ2v) is 7.29. The molecular formula is C20H30N2O2. The van der Waals surface area contributed by atoms with E-state index in [0.717, 1.165) is 25.1 Å². The van der Waals surface area contributed by atoms with Gasteiger partial charge in [-0.2, -0.15) is 0 Å². The molecule has 2 amide bonds. The van der Waals surface area contributed by atoms with E-state index in [1.165, 1.54) is 5.56 Å². The van der Waals surface area contributed by atoms with E-state index in [9.17, 15) is 9.59 Å². The van der Waals surface area contributed by atoms with Crippen LogP contribution in [0.1, 0.15) is 51.2 Å². The number of hydrogen-bond donors (Lipinski definition) is 0. The summed E-state index contributed by atoms with van der Waals surface area (Å²) >= 11 is 0. The van der Waals surface area contributed by atoms with Gasteiger partial charge in [-0.15, -0.1) is 0 Å². The van der Waals surface area contributed by atoms with Gasteiger partial charge in [0.1, 0.15) is 0 Å². The first-order valence-electron chi connectivity index (χ1n) is 9.04. The minimum Gasteiger partial charge on any atom is -0.341 e. The summed E-state index contributed by atoms with van der Waals surface area (Å²) in [6.07, 6.45) is 1.30. The standard InChI is InChI=1S/C20H30N2O2/c1-15(2)18-8-6-17(7-9-18)14-19(23)21-10-5-11-22(13-12-21)20(24)16(3)4/h6-9,15-16H,5,10-14H2,1-4H3. The molecule has 0 bridgehead atoms. The van der Waals surface area contributed by atoms with Crippen molar-refractivity contribution in [3.63, 3.8) is 0 Å². The summed E-state index contributed by atoms with van der Waals surface area (Å²) in [7, 11) is 0. The Hall–Kier alpha value is -1.84. The molecule has 4 heteroatoms. The van der Waals surface area contributed by atoms with Crippen LogP contribution in [0.2, 0.25) is 0 Å². The van der Waals surface area contributed by atoms with Crippen LogP contribution in [0.25, 0.3) is 0 Å². The summed E-state index contributed by atoms with van der Waals surface area (Å²) in [5.74, 6) is 0.872. The van der Waals surface area contributed by atoms with Gasteiger partial charge in [-0.05, 0) is 23.5 Å². The molecule has 1 aliphatic heterocycles. The zero-order valence-corrected chi connectivity index (χ0v) is 15.4. The van der Waals surface area contributed by atoms with Crippen molar-refractivity contribution in [3.05, 3.63) is 35.4 Å². The van der Waals surface area contributed by atoms with Crippen LogP contribution >= 0.6 is 0 Å². The van der Waals surface area contributed by atoms with Gasteiger partial charge in [0.2, 0.25) is 11.8 Å². The molecule has 0 atom stereocenters. The Labute approximate surface area is 145 Å². The quantitative estimate of drug-likeness (QED) is 0.851.